The van der Waals surface area contributed by atoms with Gasteiger partial charge in [-0.1, -0.05) is 43.2 Å². The molecule has 1 atom stereocenters. The van der Waals surface area contributed by atoms with Crippen molar-refractivity contribution < 1.29 is 9.59 Å². The van der Waals surface area contributed by atoms with E-state index in [0.29, 0.717) is 19.4 Å². The van der Waals surface area contributed by atoms with Gasteiger partial charge in [-0.3, -0.25) is 9.59 Å². The lowest BCUT2D eigenvalue weighted by Gasteiger charge is -2.27. The summed E-state index contributed by atoms with van der Waals surface area (Å²) in [6.07, 6.45) is 3.99. The van der Waals surface area contributed by atoms with Crippen LogP contribution < -0.4 is 5.73 Å². The molecule has 0 spiro atoms. The number of likely N-dealkylation sites (tertiary alicyclic amines) is 1. The van der Waals surface area contributed by atoms with Crippen molar-refractivity contribution in [3.63, 3.8) is 0 Å². The van der Waals surface area contributed by atoms with Gasteiger partial charge in [0.25, 0.3) is 0 Å². The van der Waals surface area contributed by atoms with E-state index in [1.54, 1.807) is 4.90 Å². The van der Waals surface area contributed by atoms with E-state index in [9.17, 15) is 9.59 Å². The van der Waals surface area contributed by atoms with Crippen molar-refractivity contribution in [2.24, 2.45) is 5.73 Å². The van der Waals surface area contributed by atoms with E-state index >= 15 is 0 Å². The molecule has 4 heteroatoms. The molecule has 1 heterocycles. The second-order valence-electron chi connectivity index (χ2n) is 5.02. The minimum Gasteiger partial charge on any atom is -0.368 e. The summed E-state index contributed by atoms with van der Waals surface area (Å²) in [6.45, 7) is 0.638. The van der Waals surface area contributed by atoms with Gasteiger partial charge in [0.1, 0.15) is 6.04 Å². The van der Waals surface area contributed by atoms with Gasteiger partial charge < -0.3 is 10.6 Å². The molecule has 0 bridgehead atoms. The van der Waals surface area contributed by atoms with Crippen LogP contribution in [0.5, 0.6) is 0 Å². The third-order valence-corrected chi connectivity index (χ3v) is 3.60. The highest BCUT2D eigenvalue weighted by atomic mass is 16.2. The maximum Gasteiger partial charge on any atom is 0.240 e. The number of nitrogens with zero attached hydrogens (tertiary/aromatic N) is 1. The van der Waals surface area contributed by atoms with Gasteiger partial charge in [0.05, 0.1) is 6.42 Å². The molecule has 0 aromatic heterocycles. The lowest BCUT2D eigenvalue weighted by atomic mass is 10.1. The first-order chi connectivity index (χ1) is 9.18. The summed E-state index contributed by atoms with van der Waals surface area (Å²) < 4.78 is 0. The summed E-state index contributed by atoms with van der Waals surface area (Å²) >= 11 is 0. The molecule has 0 saturated carbocycles. The van der Waals surface area contributed by atoms with Crippen LogP contribution in [0, 0.1) is 0 Å². The highest BCUT2D eigenvalue weighted by Gasteiger charge is 2.29. The Labute approximate surface area is 113 Å². The number of benzene rings is 1. The standard InChI is InChI=1S/C15H20N2O2/c16-15(19)13-9-5-2-6-10-17(13)14(18)11-12-7-3-1-4-8-12/h1,3-4,7-8,13H,2,5-6,9-11H2,(H2,16,19). The van der Waals surface area contributed by atoms with Crippen LogP contribution in [0.4, 0.5) is 0 Å². The Hall–Kier alpha value is -1.84. The van der Waals surface area contributed by atoms with Gasteiger partial charge in [0.15, 0.2) is 0 Å². The highest BCUT2D eigenvalue weighted by Crippen LogP contribution is 2.18. The van der Waals surface area contributed by atoms with E-state index in [2.05, 4.69) is 0 Å². The maximum absolute atomic E-state index is 12.4. The molecule has 0 radical (unpaired) electrons. The van der Waals surface area contributed by atoms with E-state index in [0.717, 1.165) is 24.8 Å². The molecule has 1 unspecified atom stereocenters. The monoisotopic (exact) mass is 260 g/mol. The Balaban J connectivity index is 2.08. The Kier molecular flexibility index (Phi) is 4.55. The van der Waals surface area contributed by atoms with Gasteiger partial charge in [-0.15, -0.1) is 0 Å². The Morgan fingerprint density at radius 3 is 2.58 bits per heavy atom. The fourth-order valence-corrected chi connectivity index (χ4v) is 2.57. The van der Waals surface area contributed by atoms with Crippen LogP contribution in [0.3, 0.4) is 0 Å². The minimum absolute atomic E-state index is 0.00287. The molecule has 2 N–H and O–H groups in total. The number of hydrogen-bond donors (Lipinski definition) is 1. The first-order valence-corrected chi connectivity index (χ1v) is 6.81. The SMILES string of the molecule is NC(=O)C1CCCCCN1C(=O)Cc1ccccc1. The summed E-state index contributed by atoms with van der Waals surface area (Å²) in [4.78, 5) is 25.5. The normalized spacial score (nSPS) is 19.8. The van der Waals surface area contributed by atoms with Crippen molar-refractivity contribution in [3.05, 3.63) is 35.9 Å². The average Bonchev–Trinajstić information content (AvgIpc) is 2.65. The maximum atomic E-state index is 12.4. The molecule has 19 heavy (non-hydrogen) atoms. The second-order valence-corrected chi connectivity index (χ2v) is 5.02. The molecule has 102 valence electrons. The summed E-state index contributed by atoms with van der Waals surface area (Å²) in [5.41, 5.74) is 6.40. The van der Waals surface area contributed by atoms with Crippen molar-refractivity contribution in [1.29, 1.82) is 0 Å². The second kappa shape index (κ2) is 6.36. The molecule has 2 amide bonds. The third kappa shape index (κ3) is 3.56. The molecule has 1 fully saturated rings. The molecule has 1 aromatic rings. The predicted octanol–water partition coefficient (Wildman–Crippen LogP) is 1.49. The van der Waals surface area contributed by atoms with Crippen LogP contribution >= 0.6 is 0 Å². The first kappa shape index (κ1) is 13.6. The summed E-state index contributed by atoms with van der Waals surface area (Å²) in [5, 5.41) is 0. The van der Waals surface area contributed by atoms with Crippen LogP contribution in [0.15, 0.2) is 30.3 Å². The Bertz CT molecular complexity index is 445. The van der Waals surface area contributed by atoms with E-state index in [1.807, 2.05) is 30.3 Å². The van der Waals surface area contributed by atoms with Crippen LogP contribution in [0.1, 0.15) is 31.2 Å². The van der Waals surface area contributed by atoms with Gasteiger partial charge in [-0.25, -0.2) is 0 Å². The zero-order valence-electron chi connectivity index (χ0n) is 11.0. The molecule has 4 nitrogen and oxygen atoms in total. The molecule has 2 rings (SSSR count). The van der Waals surface area contributed by atoms with Gasteiger partial charge in [-0.05, 0) is 18.4 Å². The number of primary amides is 1. The third-order valence-electron chi connectivity index (χ3n) is 3.60. The summed E-state index contributed by atoms with van der Waals surface area (Å²) in [5.74, 6) is -0.389. The van der Waals surface area contributed by atoms with Gasteiger partial charge in [0, 0.05) is 6.54 Å². The number of hydrogen-bond acceptors (Lipinski definition) is 2. The Morgan fingerprint density at radius 1 is 1.16 bits per heavy atom. The zero-order chi connectivity index (χ0) is 13.7. The van der Waals surface area contributed by atoms with Crippen LogP contribution in [-0.4, -0.2) is 29.3 Å². The molecule has 0 aliphatic carbocycles. The fraction of sp³-hybridized carbons (Fsp3) is 0.467. The van der Waals surface area contributed by atoms with Gasteiger partial charge in [0.2, 0.25) is 11.8 Å². The smallest absolute Gasteiger partial charge is 0.240 e. The largest absolute Gasteiger partial charge is 0.368 e. The molecular formula is C15H20N2O2. The average molecular weight is 260 g/mol. The van der Waals surface area contributed by atoms with Crippen LogP contribution in [-0.2, 0) is 16.0 Å². The van der Waals surface area contributed by atoms with E-state index < -0.39 is 6.04 Å². The van der Waals surface area contributed by atoms with Gasteiger partial charge >= 0.3 is 0 Å². The highest BCUT2D eigenvalue weighted by molar-refractivity contribution is 5.87. The van der Waals surface area contributed by atoms with Crippen molar-refractivity contribution in [1.82, 2.24) is 4.90 Å². The van der Waals surface area contributed by atoms with Crippen molar-refractivity contribution in [2.45, 2.75) is 38.1 Å². The predicted molar refractivity (Wildman–Crippen MR) is 73.3 cm³/mol. The topological polar surface area (TPSA) is 63.4 Å². The van der Waals surface area contributed by atoms with Crippen LogP contribution in [0.2, 0.25) is 0 Å². The molecule has 1 aromatic carbocycles. The molecule has 1 saturated heterocycles. The number of carbonyl (C=O) groups is 2. The summed E-state index contributed by atoms with van der Waals surface area (Å²) in [7, 11) is 0. The first-order valence-electron chi connectivity index (χ1n) is 6.81. The number of nitrogens with two attached hydrogens (primary N) is 1. The Morgan fingerprint density at radius 2 is 1.89 bits per heavy atom. The van der Waals surface area contributed by atoms with Crippen molar-refractivity contribution >= 4 is 11.8 Å². The van der Waals surface area contributed by atoms with E-state index in [1.165, 1.54) is 0 Å². The number of rotatable bonds is 3. The fourth-order valence-electron chi connectivity index (χ4n) is 2.57. The van der Waals surface area contributed by atoms with Crippen molar-refractivity contribution in [3.8, 4) is 0 Å². The number of amides is 2. The van der Waals surface area contributed by atoms with Crippen molar-refractivity contribution in [2.75, 3.05) is 6.54 Å². The van der Waals surface area contributed by atoms with E-state index in [-0.39, 0.29) is 11.8 Å². The lowest BCUT2D eigenvalue weighted by Crippen LogP contribution is -2.48. The van der Waals surface area contributed by atoms with E-state index in [4.69, 9.17) is 5.73 Å². The zero-order valence-corrected chi connectivity index (χ0v) is 11.0. The van der Waals surface area contributed by atoms with Crippen LogP contribution in [0.25, 0.3) is 0 Å². The quantitative estimate of drug-likeness (QED) is 0.894. The molecule has 1 aliphatic heterocycles. The minimum atomic E-state index is -0.432. The molecule has 1 aliphatic rings. The molecular weight excluding hydrogens is 240 g/mol. The summed E-state index contributed by atoms with van der Waals surface area (Å²) in [6, 6.07) is 9.17. The number of carbonyl (C=O) groups excluding carboxylic acids is 2. The lowest BCUT2D eigenvalue weighted by molar-refractivity contribution is -0.138. The van der Waals surface area contributed by atoms with Gasteiger partial charge in [-0.2, -0.15) is 0 Å².